The number of ether oxygens (including phenoxy) is 1. The average molecular weight is 256 g/mol. The number of amides is 1. The highest BCUT2D eigenvalue weighted by molar-refractivity contribution is 5.78. The van der Waals surface area contributed by atoms with Crippen molar-refractivity contribution in [3.8, 4) is 0 Å². The van der Waals surface area contributed by atoms with Crippen LogP contribution in [0.25, 0.3) is 0 Å². The molecule has 1 rings (SSSR count). The SMILES string of the molecule is CC(C)NC(=O)CN1CCC(CCOC(C)C)C1. The average Bonchev–Trinajstić information content (AvgIpc) is 2.63. The Morgan fingerprint density at radius 1 is 1.39 bits per heavy atom. The normalized spacial score (nSPS) is 20.9. The lowest BCUT2D eigenvalue weighted by molar-refractivity contribution is -0.122. The molecule has 1 amide bonds. The van der Waals surface area contributed by atoms with E-state index in [-0.39, 0.29) is 11.9 Å². The van der Waals surface area contributed by atoms with Crippen molar-refractivity contribution in [1.82, 2.24) is 10.2 Å². The summed E-state index contributed by atoms with van der Waals surface area (Å²) < 4.78 is 5.57. The number of nitrogens with zero attached hydrogens (tertiary/aromatic N) is 1. The van der Waals surface area contributed by atoms with Crippen LogP contribution in [-0.4, -0.2) is 49.2 Å². The molecule has 1 atom stereocenters. The number of carbonyl (C=O) groups is 1. The van der Waals surface area contributed by atoms with Gasteiger partial charge >= 0.3 is 0 Å². The van der Waals surface area contributed by atoms with Gasteiger partial charge in [-0.1, -0.05) is 0 Å². The van der Waals surface area contributed by atoms with Crippen LogP contribution in [-0.2, 0) is 9.53 Å². The van der Waals surface area contributed by atoms with E-state index >= 15 is 0 Å². The second kappa shape index (κ2) is 7.74. The van der Waals surface area contributed by atoms with Gasteiger partial charge in [0.25, 0.3) is 0 Å². The molecule has 0 spiro atoms. The molecule has 1 unspecified atom stereocenters. The Hall–Kier alpha value is -0.610. The predicted molar refractivity (Wildman–Crippen MR) is 73.5 cm³/mol. The van der Waals surface area contributed by atoms with E-state index in [1.54, 1.807) is 0 Å². The third-order valence-electron chi connectivity index (χ3n) is 3.16. The van der Waals surface area contributed by atoms with Crippen LogP contribution in [0.3, 0.4) is 0 Å². The Morgan fingerprint density at radius 3 is 2.72 bits per heavy atom. The molecule has 0 bridgehead atoms. The predicted octanol–water partition coefficient (Wildman–Crippen LogP) is 1.65. The molecule has 0 aromatic heterocycles. The van der Waals surface area contributed by atoms with Gasteiger partial charge in [-0.15, -0.1) is 0 Å². The molecule has 1 fully saturated rings. The second-order valence-electron chi connectivity index (χ2n) is 5.82. The minimum atomic E-state index is 0.143. The molecule has 0 radical (unpaired) electrons. The number of hydrogen-bond donors (Lipinski definition) is 1. The molecular formula is C14H28N2O2. The summed E-state index contributed by atoms with van der Waals surface area (Å²) in [5.41, 5.74) is 0. The first-order valence-electron chi connectivity index (χ1n) is 7.10. The van der Waals surface area contributed by atoms with Gasteiger partial charge in [-0.3, -0.25) is 9.69 Å². The van der Waals surface area contributed by atoms with Crippen molar-refractivity contribution in [1.29, 1.82) is 0 Å². The number of hydrogen-bond acceptors (Lipinski definition) is 3. The maximum absolute atomic E-state index is 11.6. The first-order valence-corrected chi connectivity index (χ1v) is 7.10. The monoisotopic (exact) mass is 256 g/mol. The van der Waals surface area contributed by atoms with E-state index in [1.807, 2.05) is 13.8 Å². The van der Waals surface area contributed by atoms with E-state index in [0.29, 0.717) is 18.6 Å². The molecule has 0 aliphatic carbocycles. The van der Waals surface area contributed by atoms with Gasteiger partial charge in [0.1, 0.15) is 0 Å². The Labute approximate surface area is 111 Å². The fourth-order valence-corrected chi connectivity index (χ4v) is 2.33. The minimum Gasteiger partial charge on any atom is -0.379 e. The number of nitrogens with one attached hydrogen (secondary N) is 1. The molecule has 18 heavy (non-hydrogen) atoms. The van der Waals surface area contributed by atoms with Gasteiger partial charge in [0.2, 0.25) is 5.91 Å². The third-order valence-corrected chi connectivity index (χ3v) is 3.16. The molecule has 0 saturated carbocycles. The van der Waals surface area contributed by atoms with Gasteiger partial charge in [0.15, 0.2) is 0 Å². The number of carbonyl (C=O) groups excluding carboxylic acids is 1. The molecule has 1 aliphatic rings. The van der Waals surface area contributed by atoms with Crippen molar-refractivity contribution in [3.05, 3.63) is 0 Å². The summed E-state index contributed by atoms with van der Waals surface area (Å²) in [6.45, 7) is 11.6. The highest BCUT2D eigenvalue weighted by Crippen LogP contribution is 2.19. The Bertz CT molecular complexity index is 254. The molecule has 0 aromatic rings. The van der Waals surface area contributed by atoms with Crippen LogP contribution in [0.15, 0.2) is 0 Å². The van der Waals surface area contributed by atoms with Gasteiger partial charge < -0.3 is 10.1 Å². The van der Waals surface area contributed by atoms with Gasteiger partial charge in [-0.05, 0) is 53.0 Å². The first kappa shape index (κ1) is 15.4. The van der Waals surface area contributed by atoms with E-state index in [2.05, 4.69) is 24.1 Å². The number of rotatable bonds is 7. The van der Waals surface area contributed by atoms with Crippen molar-refractivity contribution < 1.29 is 9.53 Å². The molecule has 0 aromatic carbocycles. The highest BCUT2D eigenvalue weighted by atomic mass is 16.5. The van der Waals surface area contributed by atoms with Crippen LogP contribution in [0, 0.1) is 5.92 Å². The fourth-order valence-electron chi connectivity index (χ4n) is 2.33. The summed E-state index contributed by atoms with van der Waals surface area (Å²) >= 11 is 0. The summed E-state index contributed by atoms with van der Waals surface area (Å²) in [4.78, 5) is 13.9. The number of likely N-dealkylation sites (tertiary alicyclic amines) is 1. The van der Waals surface area contributed by atoms with Crippen LogP contribution in [0.1, 0.15) is 40.5 Å². The Kier molecular flexibility index (Phi) is 6.65. The Morgan fingerprint density at radius 2 is 2.11 bits per heavy atom. The van der Waals surface area contributed by atoms with Gasteiger partial charge in [-0.2, -0.15) is 0 Å². The lowest BCUT2D eigenvalue weighted by Gasteiger charge is -2.17. The van der Waals surface area contributed by atoms with Crippen LogP contribution in [0.2, 0.25) is 0 Å². The zero-order valence-electron chi connectivity index (χ0n) is 12.2. The van der Waals surface area contributed by atoms with Crippen molar-refractivity contribution in [2.45, 2.75) is 52.7 Å². The van der Waals surface area contributed by atoms with Gasteiger partial charge in [-0.25, -0.2) is 0 Å². The molecule has 1 aliphatic heterocycles. The zero-order chi connectivity index (χ0) is 13.5. The van der Waals surface area contributed by atoms with Crippen LogP contribution in [0.5, 0.6) is 0 Å². The molecule has 1 heterocycles. The van der Waals surface area contributed by atoms with Crippen molar-refractivity contribution >= 4 is 5.91 Å². The topological polar surface area (TPSA) is 41.6 Å². The van der Waals surface area contributed by atoms with E-state index in [0.717, 1.165) is 26.1 Å². The molecule has 1 saturated heterocycles. The first-order chi connectivity index (χ1) is 8.47. The molecule has 106 valence electrons. The largest absolute Gasteiger partial charge is 0.379 e. The third kappa shape index (κ3) is 6.36. The standard InChI is InChI=1S/C14H28N2O2/c1-11(2)15-14(17)10-16-7-5-13(9-16)6-8-18-12(3)4/h11-13H,5-10H2,1-4H3,(H,15,17). The van der Waals surface area contributed by atoms with Gasteiger partial charge in [0, 0.05) is 19.2 Å². The quantitative estimate of drug-likeness (QED) is 0.753. The highest BCUT2D eigenvalue weighted by Gasteiger charge is 2.23. The maximum Gasteiger partial charge on any atom is 0.234 e. The molecule has 4 nitrogen and oxygen atoms in total. The van der Waals surface area contributed by atoms with E-state index < -0.39 is 0 Å². The van der Waals surface area contributed by atoms with E-state index in [9.17, 15) is 4.79 Å². The Balaban J connectivity index is 2.14. The summed E-state index contributed by atoms with van der Waals surface area (Å²) in [6, 6.07) is 0.232. The van der Waals surface area contributed by atoms with Crippen molar-refractivity contribution in [3.63, 3.8) is 0 Å². The van der Waals surface area contributed by atoms with Gasteiger partial charge in [0.05, 0.1) is 12.6 Å². The molecular weight excluding hydrogens is 228 g/mol. The van der Waals surface area contributed by atoms with Crippen LogP contribution < -0.4 is 5.32 Å². The zero-order valence-corrected chi connectivity index (χ0v) is 12.2. The van der Waals surface area contributed by atoms with Crippen LogP contribution >= 0.6 is 0 Å². The second-order valence-corrected chi connectivity index (χ2v) is 5.82. The molecule has 4 heteroatoms. The van der Waals surface area contributed by atoms with E-state index in [4.69, 9.17) is 4.74 Å². The fraction of sp³-hybridized carbons (Fsp3) is 0.929. The molecule has 1 N–H and O–H groups in total. The summed E-state index contributed by atoms with van der Waals surface area (Å²) in [5.74, 6) is 0.833. The van der Waals surface area contributed by atoms with Crippen molar-refractivity contribution in [2.24, 2.45) is 5.92 Å². The minimum absolute atomic E-state index is 0.143. The van der Waals surface area contributed by atoms with Crippen molar-refractivity contribution in [2.75, 3.05) is 26.2 Å². The summed E-state index contributed by atoms with van der Waals surface area (Å²) in [6.07, 6.45) is 2.62. The smallest absolute Gasteiger partial charge is 0.234 e. The summed E-state index contributed by atoms with van der Waals surface area (Å²) in [7, 11) is 0. The van der Waals surface area contributed by atoms with Crippen LogP contribution in [0.4, 0.5) is 0 Å². The van der Waals surface area contributed by atoms with E-state index in [1.165, 1.54) is 6.42 Å². The summed E-state index contributed by atoms with van der Waals surface area (Å²) in [5, 5.41) is 2.94. The lowest BCUT2D eigenvalue weighted by Crippen LogP contribution is -2.39. The lowest BCUT2D eigenvalue weighted by atomic mass is 10.1. The maximum atomic E-state index is 11.6.